The summed E-state index contributed by atoms with van der Waals surface area (Å²) in [6.07, 6.45) is 5.90. The molecular formula is C17H34N2O. The fourth-order valence-corrected chi connectivity index (χ4v) is 4.07. The summed E-state index contributed by atoms with van der Waals surface area (Å²) in [5.41, 5.74) is 0.440. The highest BCUT2D eigenvalue weighted by Gasteiger charge is 2.36. The van der Waals surface area contributed by atoms with Crippen LogP contribution in [0.2, 0.25) is 0 Å². The van der Waals surface area contributed by atoms with E-state index in [1.54, 1.807) is 0 Å². The fourth-order valence-electron chi connectivity index (χ4n) is 4.07. The molecule has 2 rings (SSSR count). The van der Waals surface area contributed by atoms with Gasteiger partial charge in [-0.15, -0.1) is 0 Å². The highest BCUT2D eigenvalue weighted by atomic mass is 16.3. The largest absolute Gasteiger partial charge is 0.393 e. The summed E-state index contributed by atoms with van der Waals surface area (Å²) in [4.78, 5) is 2.58. The Balaban J connectivity index is 1.91. The summed E-state index contributed by atoms with van der Waals surface area (Å²) in [6, 6.07) is 0.681. The van der Waals surface area contributed by atoms with Gasteiger partial charge in [-0.25, -0.2) is 0 Å². The molecule has 3 heteroatoms. The van der Waals surface area contributed by atoms with E-state index in [4.69, 9.17) is 0 Å². The van der Waals surface area contributed by atoms with Gasteiger partial charge in [0, 0.05) is 25.7 Å². The van der Waals surface area contributed by atoms with Crippen LogP contribution in [0.1, 0.15) is 52.9 Å². The molecule has 0 aromatic rings. The number of rotatable bonds is 3. The summed E-state index contributed by atoms with van der Waals surface area (Å²) >= 11 is 0. The van der Waals surface area contributed by atoms with Gasteiger partial charge < -0.3 is 15.3 Å². The van der Waals surface area contributed by atoms with E-state index in [9.17, 15) is 5.11 Å². The molecule has 1 aliphatic carbocycles. The maximum atomic E-state index is 9.64. The van der Waals surface area contributed by atoms with Gasteiger partial charge in [0.15, 0.2) is 0 Å². The number of hydrogen-bond donors (Lipinski definition) is 2. The van der Waals surface area contributed by atoms with E-state index >= 15 is 0 Å². The second-order valence-corrected chi connectivity index (χ2v) is 8.06. The first-order valence-electron chi connectivity index (χ1n) is 8.48. The minimum absolute atomic E-state index is 0.0555. The van der Waals surface area contributed by atoms with Crippen molar-refractivity contribution in [1.82, 2.24) is 10.2 Å². The van der Waals surface area contributed by atoms with Crippen molar-refractivity contribution in [3.8, 4) is 0 Å². The lowest BCUT2D eigenvalue weighted by Crippen LogP contribution is -2.48. The normalized spacial score (nSPS) is 34.4. The third-order valence-corrected chi connectivity index (χ3v) is 5.63. The highest BCUT2D eigenvalue weighted by molar-refractivity contribution is 4.90. The molecule has 0 amide bonds. The lowest BCUT2D eigenvalue weighted by molar-refractivity contribution is 0.0498. The van der Waals surface area contributed by atoms with Crippen molar-refractivity contribution in [3.05, 3.63) is 0 Å². The molecule has 3 unspecified atom stereocenters. The van der Waals surface area contributed by atoms with Crippen LogP contribution in [0.5, 0.6) is 0 Å². The summed E-state index contributed by atoms with van der Waals surface area (Å²) in [7, 11) is 2.12. The Labute approximate surface area is 125 Å². The van der Waals surface area contributed by atoms with Crippen LogP contribution in [0, 0.1) is 17.3 Å². The zero-order chi connectivity index (χ0) is 14.8. The molecule has 0 aromatic carbocycles. The van der Waals surface area contributed by atoms with Gasteiger partial charge in [0.05, 0.1) is 6.10 Å². The molecule has 0 aromatic heterocycles. The molecular weight excluding hydrogens is 248 g/mol. The smallest absolute Gasteiger partial charge is 0.0564 e. The van der Waals surface area contributed by atoms with Gasteiger partial charge in [-0.1, -0.05) is 20.8 Å². The lowest BCUT2D eigenvalue weighted by Gasteiger charge is -2.44. The Morgan fingerprint density at radius 2 is 1.75 bits per heavy atom. The van der Waals surface area contributed by atoms with Gasteiger partial charge in [0.25, 0.3) is 0 Å². The van der Waals surface area contributed by atoms with Gasteiger partial charge in [-0.05, 0) is 56.4 Å². The quantitative estimate of drug-likeness (QED) is 0.835. The molecule has 3 atom stereocenters. The Bertz CT molecular complexity index is 292. The third kappa shape index (κ3) is 4.19. The Morgan fingerprint density at radius 3 is 2.30 bits per heavy atom. The van der Waals surface area contributed by atoms with Crippen LogP contribution in [-0.2, 0) is 0 Å². The maximum absolute atomic E-state index is 9.64. The van der Waals surface area contributed by atoms with Crippen molar-refractivity contribution in [2.75, 3.05) is 26.7 Å². The van der Waals surface area contributed by atoms with Crippen molar-refractivity contribution in [1.29, 1.82) is 0 Å². The van der Waals surface area contributed by atoms with Crippen molar-refractivity contribution >= 4 is 0 Å². The van der Waals surface area contributed by atoms with Crippen LogP contribution in [0.25, 0.3) is 0 Å². The predicted molar refractivity (Wildman–Crippen MR) is 84.8 cm³/mol. The summed E-state index contributed by atoms with van der Waals surface area (Å²) in [5, 5.41) is 13.2. The van der Waals surface area contributed by atoms with Crippen LogP contribution in [-0.4, -0.2) is 48.8 Å². The van der Waals surface area contributed by atoms with Gasteiger partial charge in [-0.3, -0.25) is 0 Å². The zero-order valence-corrected chi connectivity index (χ0v) is 13.9. The van der Waals surface area contributed by atoms with E-state index in [-0.39, 0.29) is 6.10 Å². The van der Waals surface area contributed by atoms with Gasteiger partial charge in [0.2, 0.25) is 0 Å². The molecule has 1 aliphatic heterocycles. The zero-order valence-electron chi connectivity index (χ0n) is 13.9. The topological polar surface area (TPSA) is 35.5 Å². The summed E-state index contributed by atoms with van der Waals surface area (Å²) < 4.78 is 0. The molecule has 2 N–H and O–H groups in total. The van der Waals surface area contributed by atoms with Crippen LogP contribution >= 0.6 is 0 Å². The first-order chi connectivity index (χ1) is 9.40. The Morgan fingerprint density at radius 1 is 1.10 bits per heavy atom. The molecule has 2 fully saturated rings. The molecule has 118 valence electrons. The van der Waals surface area contributed by atoms with Crippen molar-refractivity contribution in [2.45, 2.75) is 65.0 Å². The van der Waals surface area contributed by atoms with E-state index in [0.29, 0.717) is 11.5 Å². The maximum Gasteiger partial charge on any atom is 0.0564 e. The molecule has 0 radical (unpaired) electrons. The van der Waals surface area contributed by atoms with E-state index in [0.717, 1.165) is 37.8 Å². The van der Waals surface area contributed by atoms with E-state index in [2.05, 4.69) is 38.0 Å². The second-order valence-electron chi connectivity index (χ2n) is 8.06. The molecule has 3 nitrogen and oxygen atoms in total. The number of aliphatic hydroxyl groups excluding tert-OH is 1. The van der Waals surface area contributed by atoms with Crippen molar-refractivity contribution < 1.29 is 5.11 Å². The second kappa shape index (κ2) is 6.76. The van der Waals surface area contributed by atoms with Crippen LogP contribution in [0.3, 0.4) is 0 Å². The van der Waals surface area contributed by atoms with Gasteiger partial charge in [0.1, 0.15) is 0 Å². The average molecular weight is 282 g/mol. The molecule has 1 saturated heterocycles. The Hall–Kier alpha value is -0.120. The lowest BCUT2D eigenvalue weighted by atomic mass is 9.67. The van der Waals surface area contributed by atoms with Crippen LogP contribution < -0.4 is 5.32 Å². The van der Waals surface area contributed by atoms with Gasteiger partial charge in [-0.2, -0.15) is 0 Å². The monoisotopic (exact) mass is 282 g/mol. The van der Waals surface area contributed by atoms with E-state index in [1.807, 2.05) is 0 Å². The van der Waals surface area contributed by atoms with E-state index < -0.39 is 0 Å². The molecule has 0 bridgehead atoms. The van der Waals surface area contributed by atoms with Gasteiger partial charge >= 0.3 is 0 Å². The van der Waals surface area contributed by atoms with Crippen molar-refractivity contribution in [2.24, 2.45) is 17.3 Å². The highest BCUT2D eigenvalue weighted by Crippen LogP contribution is 2.40. The SMILES string of the molecule is CNC1CCC(C(C)(C)C)CC1CN1CCC(O)CC1. The molecule has 2 aliphatic rings. The number of aliphatic hydroxyl groups is 1. The predicted octanol–water partition coefficient (Wildman–Crippen LogP) is 2.49. The van der Waals surface area contributed by atoms with Crippen LogP contribution in [0.4, 0.5) is 0 Å². The third-order valence-electron chi connectivity index (χ3n) is 5.63. The summed E-state index contributed by atoms with van der Waals surface area (Å²) in [6.45, 7) is 10.6. The first kappa shape index (κ1) is 16.3. The number of likely N-dealkylation sites (tertiary alicyclic amines) is 1. The number of nitrogens with one attached hydrogen (secondary N) is 1. The van der Waals surface area contributed by atoms with Crippen molar-refractivity contribution in [3.63, 3.8) is 0 Å². The number of hydrogen-bond acceptors (Lipinski definition) is 3. The minimum Gasteiger partial charge on any atom is -0.393 e. The number of piperidine rings is 1. The van der Waals surface area contributed by atoms with Crippen LogP contribution in [0.15, 0.2) is 0 Å². The Kier molecular flexibility index (Phi) is 5.49. The molecule has 1 heterocycles. The number of nitrogens with zero attached hydrogens (tertiary/aromatic N) is 1. The molecule has 20 heavy (non-hydrogen) atoms. The summed E-state index contributed by atoms with van der Waals surface area (Å²) in [5.74, 6) is 1.63. The van der Waals surface area contributed by atoms with E-state index in [1.165, 1.54) is 25.8 Å². The fraction of sp³-hybridized carbons (Fsp3) is 1.00. The first-order valence-corrected chi connectivity index (χ1v) is 8.48. The standard InChI is InChI=1S/C17H34N2O/c1-17(2,3)14-5-6-16(18-4)13(11-14)12-19-9-7-15(20)8-10-19/h13-16,18,20H,5-12H2,1-4H3. The molecule has 1 saturated carbocycles. The minimum atomic E-state index is -0.0555. The average Bonchev–Trinajstić information content (AvgIpc) is 2.40. The molecule has 0 spiro atoms.